The monoisotopic (exact) mass is 266 g/mol. The lowest BCUT2D eigenvalue weighted by Crippen LogP contribution is -2.41. The summed E-state index contributed by atoms with van der Waals surface area (Å²) < 4.78 is 0. The summed E-state index contributed by atoms with van der Waals surface area (Å²) in [5.74, 6) is 3.15. The van der Waals surface area contributed by atoms with Gasteiger partial charge in [0.05, 0.1) is 0 Å². The minimum absolute atomic E-state index is 0.390. The first-order valence-electron chi connectivity index (χ1n) is 8.39. The van der Waals surface area contributed by atoms with Crippen LogP contribution in [0.3, 0.4) is 0 Å². The zero-order valence-corrected chi connectivity index (χ0v) is 13.5. The number of nitrogens with one attached hydrogen (secondary N) is 1. The molecule has 0 aromatic carbocycles. The Morgan fingerprint density at radius 3 is 2.58 bits per heavy atom. The van der Waals surface area contributed by atoms with E-state index in [9.17, 15) is 0 Å². The molecule has 0 aromatic heterocycles. The second-order valence-electron chi connectivity index (χ2n) is 7.97. The molecule has 0 aliphatic heterocycles. The Hall–Kier alpha value is -0.0800. The Bertz CT molecular complexity index is 274. The third kappa shape index (κ3) is 4.46. The van der Waals surface area contributed by atoms with Gasteiger partial charge in [-0.2, -0.15) is 0 Å². The first-order chi connectivity index (χ1) is 9.00. The maximum absolute atomic E-state index is 3.57. The van der Waals surface area contributed by atoms with Gasteiger partial charge in [0.25, 0.3) is 0 Å². The average molecular weight is 266 g/mol. The predicted octanol–water partition coefficient (Wildman–Crippen LogP) is 3.38. The topological polar surface area (TPSA) is 15.3 Å². The highest BCUT2D eigenvalue weighted by atomic mass is 15.1. The Kier molecular flexibility index (Phi) is 5.30. The lowest BCUT2D eigenvalue weighted by atomic mass is 9.87. The van der Waals surface area contributed by atoms with Crippen molar-refractivity contribution in [1.29, 1.82) is 0 Å². The van der Waals surface area contributed by atoms with E-state index in [0.717, 1.165) is 30.8 Å². The van der Waals surface area contributed by atoms with Gasteiger partial charge in [0.1, 0.15) is 0 Å². The molecule has 0 amide bonds. The third-order valence-electron chi connectivity index (χ3n) is 5.16. The maximum atomic E-state index is 3.57. The molecular formula is C17H34N2. The number of rotatable bonds is 8. The zero-order valence-electron chi connectivity index (χ0n) is 13.5. The molecule has 19 heavy (non-hydrogen) atoms. The molecule has 3 atom stereocenters. The predicted molar refractivity (Wildman–Crippen MR) is 83.4 cm³/mol. The highest BCUT2D eigenvalue weighted by Crippen LogP contribution is 2.48. The Morgan fingerprint density at radius 2 is 2.00 bits per heavy atom. The standard InChI is InChI=1S/C17H34N2/c1-5-8-18-12-17(2,3)13-19(4)11-16-10-14-6-7-15(16)9-14/h14-16,18H,5-13H2,1-4H3. The highest BCUT2D eigenvalue weighted by molar-refractivity contribution is 4.91. The molecule has 2 saturated carbocycles. The van der Waals surface area contributed by atoms with Crippen molar-refractivity contribution in [2.45, 2.75) is 52.9 Å². The van der Waals surface area contributed by atoms with Crippen molar-refractivity contribution in [2.75, 3.05) is 33.2 Å². The molecule has 1 N–H and O–H groups in total. The first-order valence-corrected chi connectivity index (χ1v) is 8.39. The van der Waals surface area contributed by atoms with Gasteiger partial charge < -0.3 is 10.2 Å². The van der Waals surface area contributed by atoms with Crippen LogP contribution in [-0.2, 0) is 0 Å². The van der Waals surface area contributed by atoms with E-state index in [1.807, 2.05) is 0 Å². The van der Waals surface area contributed by atoms with Gasteiger partial charge in [0, 0.05) is 19.6 Å². The highest BCUT2D eigenvalue weighted by Gasteiger charge is 2.39. The summed E-state index contributed by atoms with van der Waals surface area (Å²) in [7, 11) is 2.33. The summed E-state index contributed by atoms with van der Waals surface area (Å²) in [5, 5.41) is 3.57. The van der Waals surface area contributed by atoms with Crippen LogP contribution in [0.4, 0.5) is 0 Å². The third-order valence-corrected chi connectivity index (χ3v) is 5.16. The van der Waals surface area contributed by atoms with E-state index in [4.69, 9.17) is 0 Å². The van der Waals surface area contributed by atoms with Crippen LogP contribution in [0.2, 0.25) is 0 Å². The van der Waals surface area contributed by atoms with E-state index in [2.05, 4.69) is 38.0 Å². The van der Waals surface area contributed by atoms with Gasteiger partial charge >= 0.3 is 0 Å². The van der Waals surface area contributed by atoms with Gasteiger partial charge in [-0.15, -0.1) is 0 Å². The molecule has 2 heteroatoms. The summed E-state index contributed by atoms with van der Waals surface area (Å²) in [4.78, 5) is 2.60. The van der Waals surface area contributed by atoms with Crippen LogP contribution >= 0.6 is 0 Å². The molecule has 3 unspecified atom stereocenters. The van der Waals surface area contributed by atoms with Gasteiger partial charge in [-0.3, -0.25) is 0 Å². The van der Waals surface area contributed by atoms with Crippen LogP contribution in [0.5, 0.6) is 0 Å². The summed E-state index contributed by atoms with van der Waals surface area (Å²) >= 11 is 0. The number of fused-ring (bicyclic) bond motifs is 2. The van der Waals surface area contributed by atoms with Crippen LogP contribution in [0.15, 0.2) is 0 Å². The SMILES string of the molecule is CCCNCC(C)(C)CN(C)CC1CC2CCC1C2. The molecule has 0 spiro atoms. The van der Waals surface area contributed by atoms with Gasteiger partial charge in [-0.25, -0.2) is 0 Å². The quantitative estimate of drug-likeness (QED) is 0.678. The van der Waals surface area contributed by atoms with Crippen LogP contribution in [0.1, 0.15) is 52.9 Å². The fraction of sp³-hybridized carbons (Fsp3) is 1.00. The lowest BCUT2D eigenvalue weighted by Gasteiger charge is -2.34. The molecule has 0 radical (unpaired) electrons. The molecule has 112 valence electrons. The van der Waals surface area contributed by atoms with Crippen molar-refractivity contribution in [2.24, 2.45) is 23.2 Å². The first kappa shape index (κ1) is 15.3. The van der Waals surface area contributed by atoms with Crippen molar-refractivity contribution in [3.8, 4) is 0 Å². The molecule has 0 heterocycles. The normalized spacial score (nSPS) is 30.5. The second-order valence-corrected chi connectivity index (χ2v) is 7.97. The molecule has 2 bridgehead atoms. The molecule has 2 aliphatic carbocycles. The Morgan fingerprint density at radius 1 is 1.21 bits per heavy atom. The van der Waals surface area contributed by atoms with Crippen molar-refractivity contribution < 1.29 is 0 Å². The van der Waals surface area contributed by atoms with E-state index in [1.165, 1.54) is 38.8 Å². The summed E-state index contributed by atoms with van der Waals surface area (Å²) in [6, 6.07) is 0. The fourth-order valence-electron chi connectivity index (χ4n) is 4.46. The van der Waals surface area contributed by atoms with Crippen LogP contribution in [0.25, 0.3) is 0 Å². The zero-order chi connectivity index (χ0) is 13.9. The van der Waals surface area contributed by atoms with Crippen molar-refractivity contribution in [1.82, 2.24) is 10.2 Å². The van der Waals surface area contributed by atoms with E-state index in [-0.39, 0.29) is 0 Å². The van der Waals surface area contributed by atoms with E-state index in [1.54, 1.807) is 6.42 Å². The van der Waals surface area contributed by atoms with Gasteiger partial charge in [-0.1, -0.05) is 27.2 Å². The van der Waals surface area contributed by atoms with Crippen LogP contribution < -0.4 is 5.32 Å². The molecule has 2 nitrogen and oxygen atoms in total. The van der Waals surface area contributed by atoms with Crippen molar-refractivity contribution >= 4 is 0 Å². The largest absolute Gasteiger partial charge is 0.316 e. The average Bonchev–Trinajstić information content (AvgIpc) is 2.89. The second kappa shape index (κ2) is 6.58. The van der Waals surface area contributed by atoms with Crippen LogP contribution in [0, 0.1) is 23.2 Å². The van der Waals surface area contributed by atoms with Crippen molar-refractivity contribution in [3.63, 3.8) is 0 Å². The van der Waals surface area contributed by atoms with Gasteiger partial charge in [-0.05, 0) is 62.4 Å². The number of hydrogen-bond donors (Lipinski definition) is 1. The lowest BCUT2D eigenvalue weighted by molar-refractivity contribution is 0.160. The molecular weight excluding hydrogens is 232 g/mol. The van der Waals surface area contributed by atoms with Crippen LogP contribution in [-0.4, -0.2) is 38.1 Å². The summed E-state index contributed by atoms with van der Waals surface area (Å²) in [5.41, 5.74) is 0.390. The molecule has 2 fully saturated rings. The summed E-state index contributed by atoms with van der Waals surface area (Å²) in [6.45, 7) is 11.9. The Balaban J connectivity index is 1.69. The Labute approximate surface area is 120 Å². The minimum atomic E-state index is 0.390. The number of hydrogen-bond acceptors (Lipinski definition) is 2. The van der Waals surface area contributed by atoms with E-state index < -0.39 is 0 Å². The minimum Gasteiger partial charge on any atom is -0.316 e. The van der Waals surface area contributed by atoms with E-state index >= 15 is 0 Å². The smallest absolute Gasteiger partial charge is 0.00419 e. The maximum Gasteiger partial charge on any atom is 0.00419 e. The fourth-order valence-corrected chi connectivity index (χ4v) is 4.46. The molecule has 0 saturated heterocycles. The van der Waals surface area contributed by atoms with Crippen molar-refractivity contribution in [3.05, 3.63) is 0 Å². The number of nitrogens with zero attached hydrogens (tertiary/aromatic N) is 1. The molecule has 2 aliphatic rings. The summed E-state index contributed by atoms with van der Waals surface area (Å²) in [6.07, 6.45) is 7.34. The van der Waals surface area contributed by atoms with E-state index in [0.29, 0.717) is 5.41 Å². The van der Waals surface area contributed by atoms with Gasteiger partial charge in [0.2, 0.25) is 0 Å². The van der Waals surface area contributed by atoms with Gasteiger partial charge in [0.15, 0.2) is 0 Å². The molecule has 2 rings (SSSR count). The molecule has 0 aromatic rings.